The third-order valence-corrected chi connectivity index (χ3v) is 2.92. The molecule has 0 amide bonds. The van der Waals surface area contributed by atoms with Crippen LogP contribution in [0.1, 0.15) is 11.1 Å². The Balaban J connectivity index is 0.000000198. The van der Waals surface area contributed by atoms with Gasteiger partial charge in [-0.25, -0.2) is 9.97 Å². The first-order valence-electron chi connectivity index (χ1n) is 7.21. The molecule has 0 saturated carbocycles. The molecule has 3 aromatic rings. The number of aromatic nitrogens is 2. The van der Waals surface area contributed by atoms with E-state index in [0.717, 1.165) is 11.3 Å². The molecular formula is C18H17FN2O3. The van der Waals surface area contributed by atoms with E-state index in [2.05, 4.69) is 9.97 Å². The van der Waals surface area contributed by atoms with Gasteiger partial charge < -0.3 is 14.9 Å². The standard InChI is InChI=1S/C12H11NO2.C6H6FNO/c14-9-10-6-7-13-12(8-10)15-11-4-2-1-3-5-11;7-6-3-5(4-9)1-2-8-6/h1-8,14H,9H2;1-3,9H,4H2. The first-order valence-corrected chi connectivity index (χ1v) is 7.21. The molecule has 0 aliphatic rings. The van der Waals surface area contributed by atoms with Crippen molar-refractivity contribution >= 4 is 0 Å². The number of aliphatic hydroxyl groups is 2. The van der Waals surface area contributed by atoms with Gasteiger partial charge in [-0.05, 0) is 41.5 Å². The fraction of sp³-hybridized carbons (Fsp3) is 0.111. The average molecular weight is 328 g/mol. The Labute approximate surface area is 139 Å². The second-order valence-electron chi connectivity index (χ2n) is 4.72. The van der Waals surface area contributed by atoms with Gasteiger partial charge in [0.1, 0.15) is 5.75 Å². The molecule has 0 spiro atoms. The molecule has 0 bridgehead atoms. The molecule has 0 aliphatic heterocycles. The Hall–Kier alpha value is -2.83. The molecule has 24 heavy (non-hydrogen) atoms. The quantitative estimate of drug-likeness (QED) is 0.720. The molecule has 0 fully saturated rings. The maximum absolute atomic E-state index is 12.1. The minimum absolute atomic E-state index is 0.00628. The van der Waals surface area contributed by atoms with E-state index >= 15 is 0 Å². The van der Waals surface area contributed by atoms with Crippen LogP contribution in [0.15, 0.2) is 67.0 Å². The van der Waals surface area contributed by atoms with E-state index in [9.17, 15) is 4.39 Å². The van der Waals surface area contributed by atoms with Gasteiger partial charge in [0.15, 0.2) is 0 Å². The molecule has 124 valence electrons. The zero-order chi connectivity index (χ0) is 17.2. The number of halogens is 1. The summed E-state index contributed by atoms with van der Waals surface area (Å²) in [5.41, 5.74) is 1.33. The van der Waals surface area contributed by atoms with Gasteiger partial charge in [-0.3, -0.25) is 0 Å². The molecule has 0 unspecified atom stereocenters. The molecule has 0 aliphatic carbocycles. The van der Waals surface area contributed by atoms with Crippen LogP contribution in [-0.4, -0.2) is 20.2 Å². The van der Waals surface area contributed by atoms with Crippen LogP contribution >= 0.6 is 0 Å². The van der Waals surface area contributed by atoms with Crippen molar-refractivity contribution in [2.45, 2.75) is 13.2 Å². The number of benzene rings is 1. The Morgan fingerprint density at radius 1 is 0.833 bits per heavy atom. The molecular weight excluding hydrogens is 311 g/mol. The van der Waals surface area contributed by atoms with Gasteiger partial charge in [-0.2, -0.15) is 4.39 Å². The van der Waals surface area contributed by atoms with Crippen LogP contribution in [0.4, 0.5) is 4.39 Å². The maximum Gasteiger partial charge on any atom is 0.219 e. The van der Waals surface area contributed by atoms with Crippen molar-refractivity contribution < 1.29 is 19.3 Å². The summed E-state index contributed by atoms with van der Waals surface area (Å²) < 4.78 is 17.6. The van der Waals surface area contributed by atoms with Gasteiger partial charge in [0.25, 0.3) is 0 Å². The number of ether oxygens (including phenoxy) is 1. The topological polar surface area (TPSA) is 75.5 Å². The van der Waals surface area contributed by atoms with Crippen molar-refractivity contribution in [1.29, 1.82) is 0 Å². The zero-order valence-electron chi connectivity index (χ0n) is 12.8. The summed E-state index contributed by atoms with van der Waals surface area (Å²) >= 11 is 0. The Morgan fingerprint density at radius 2 is 1.46 bits per heavy atom. The first-order chi connectivity index (χ1) is 11.7. The van der Waals surface area contributed by atoms with E-state index in [1.807, 2.05) is 30.3 Å². The predicted molar refractivity (Wildman–Crippen MR) is 86.8 cm³/mol. The molecule has 2 N–H and O–H groups in total. The van der Waals surface area contributed by atoms with Crippen LogP contribution in [-0.2, 0) is 13.2 Å². The van der Waals surface area contributed by atoms with Crippen LogP contribution in [0.2, 0.25) is 0 Å². The van der Waals surface area contributed by atoms with E-state index in [0.29, 0.717) is 11.4 Å². The minimum Gasteiger partial charge on any atom is -0.439 e. The normalized spacial score (nSPS) is 9.79. The highest BCUT2D eigenvalue weighted by Gasteiger charge is 1.98. The number of aliphatic hydroxyl groups excluding tert-OH is 2. The molecule has 2 aromatic heterocycles. The molecule has 0 saturated heterocycles. The van der Waals surface area contributed by atoms with Crippen molar-refractivity contribution in [2.24, 2.45) is 0 Å². The highest BCUT2D eigenvalue weighted by atomic mass is 19.1. The largest absolute Gasteiger partial charge is 0.439 e. The molecule has 0 atom stereocenters. The van der Waals surface area contributed by atoms with Gasteiger partial charge in [0, 0.05) is 18.5 Å². The predicted octanol–water partition coefficient (Wildman–Crippen LogP) is 3.08. The van der Waals surface area contributed by atoms with Crippen LogP contribution in [0, 0.1) is 5.95 Å². The van der Waals surface area contributed by atoms with Gasteiger partial charge in [-0.1, -0.05) is 18.2 Å². The minimum atomic E-state index is -0.554. The lowest BCUT2D eigenvalue weighted by atomic mass is 10.3. The summed E-state index contributed by atoms with van der Waals surface area (Å²) in [6.45, 7) is -0.146. The number of nitrogens with zero attached hydrogens (tertiary/aromatic N) is 2. The second-order valence-corrected chi connectivity index (χ2v) is 4.72. The Morgan fingerprint density at radius 3 is 2.04 bits per heavy atom. The summed E-state index contributed by atoms with van der Waals surface area (Å²) in [6.07, 6.45) is 2.94. The third-order valence-electron chi connectivity index (χ3n) is 2.92. The lowest BCUT2D eigenvalue weighted by Crippen LogP contribution is -1.90. The van der Waals surface area contributed by atoms with Crippen molar-refractivity contribution in [3.63, 3.8) is 0 Å². The molecule has 0 radical (unpaired) electrons. The monoisotopic (exact) mass is 328 g/mol. The Kier molecular flexibility index (Phi) is 6.82. The van der Waals surface area contributed by atoms with Crippen LogP contribution in [0.25, 0.3) is 0 Å². The smallest absolute Gasteiger partial charge is 0.219 e. The van der Waals surface area contributed by atoms with Crippen molar-refractivity contribution in [1.82, 2.24) is 9.97 Å². The number of hydrogen-bond acceptors (Lipinski definition) is 5. The SMILES string of the molecule is OCc1ccnc(F)c1.OCc1ccnc(Oc2ccccc2)c1. The number of rotatable bonds is 4. The van der Waals surface area contributed by atoms with E-state index in [4.69, 9.17) is 14.9 Å². The third kappa shape index (κ3) is 5.75. The van der Waals surface area contributed by atoms with Crippen LogP contribution in [0.5, 0.6) is 11.6 Å². The average Bonchev–Trinajstić information content (AvgIpc) is 2.63. The molecule has 5 nitrogen and oxygen atoms in total. The highest BCUT2D eigenvalue weighted by Crippen LogP contribution is 2.19. The Bertz CT molecular complexity index is 754. The van der Waals surface area contributed by atoms with E-state index in [1.165, 1.54) is 12.3 Å². The van der Waals surface area contributed by atoms with Crippen LogP contribution < -0.4 is 4.74 Å². The van der Waals surface area contributed by atoms with Gasteiger partial charge >= 0.3 is 0 Å². The summed E-state index contributed by atoms with van der Waals surface area (Å²) in [5, 5.41) is 17.4. The fourth-order valence-corrected chi connectivity index (χ4v) is 1.75. The summed E-state index contributed by atoms with van der Waals surface area (Å²) in [4.78, 5) is 7.36. The summed E-state index contributed by atoms with van der Waals surface area (Å²) in [5.74, 6) is 0.675. The number of para-hydroxylation sites is 1. The van der Waals surface area contributed by atoms with Crippen molar-refractivity contribution in [2.75, 3.05) is 0 Å². The lowest BCUT2D eigenvalue weighted by Gasteiger charge is -2.04. The molecule has 1 aromatic carbocycles. The highest BCUT2D eigenvalue weighted by molar-refractivity contribution is 5.28. The number of hydrogen-bond donors (Lipinski definition) is 2. The molecule has 6 heteroatoms. The van der Waals surface area contributed by atoms with Gasteiger partial charge in [-0.15, -0.1) is 0 Å². The van der Waals surface area contributed by atoms with E-state index in [-0.39, 0.29) is 13.2 Å². The molecule has 2 heterocycles. The van der Waals surface area contributed by atoms with Crippen LogP contribution in [0.3, 0.4) is 0 Å². The summed E-state index contributed by atoms with van der Waals surface area (Å²) in [6, 6.07) is 15.6. The van der Waals surface area contributed by atoms with E-state index < -0.39 is 5.95 Å². The summed E-state index contributed by atoms with van der Waals surface area (Å²) in [7, 11) is 0. The molecule has 3 rings (SSSR count). The fourth-order valence-electron chi connectivity index (χ4n) is 1.75. The first kappa shape index (κ1) is 17.5. The van der Waals surface area contributed by atoms with Gasteiger partial charge in [0.05, 0.1) is 13.2 Å². The van der Waals surface area contributed by atoms with Crippen molar-refractivity contribution in [3.8, 4) is 11.6 Å². The lowest BCUT2D eigenvalue weighted by molar-refractivity contribution is 0.280. The maximum atomic E-state index is 12.1. The zero-order valence-corrected chi connectivity index (χ0v) is 12.8. The van der Waals surface area contributed by atoms with Gasteiger partial charge in [0.2, 0.25) is 11.8 Å². The second kappa shape index (κ2) is 9.34. The number of pyridine rings is 2. The van der Waals surface area contributed by atoms with Crippen molar-refractivity contribution in [3.05, 3.63) is 84.1 Å². The van der Waals surface area contributed by atoms with E-state index in [1.54, 1.807) is 24.4 Å².